The minimum absolute atomic E-state index is 0.0443. The Hall–Kier alpha value is -2.19. The van der Waals surface area contributed by atoms with E-state index in [1.165, 1.54) is 25.3 Å². The van der Waals surface area contributed by atoms with Crippen molar-refractivity contribution in [1.82, 2.24) is 5.32 Å². The highest BCUT2D eigenvalue weighted by Crippen LogP contribution is 2.22. The van der Waals surface area contributed by atoms with E-state index >= 15 is 0 Å². The summed E-state index contributed by atoms with van der Waals surface area (Å²) in [5.74, 6) is 4.87. The van der Waals surface area contributed by atoms with Crippen molar-refractivity contribution in [3.63, 3.8) is 0 Å². The highest BCUT2D eigenvalue weighted by molar-refractivity contribution is 5.99. The number of nitrogens with two attached hydrogens (primary N) is 1. The van der Waals surface area contributed by atoms with Crippen molar-refractivity contribution >= 4 is 17.3 Å². The van der Waals surface area contributed by atoms with Crippen molar-refractivity contribution in [2.24, 2.45) is 11.8 Å². The zero-order chi connectivity index (χ0) is 16.0. The number of ether oxygens (including phenoxy) is 1. The first-order valence-electron chi connectivity index (χ1n) is 6.45. The number of hydrogen-bond acceptors (Lipinski definition) is 6. The van der Waals surface area contributed by atoms with E-state index in [-0.39, 0.29) is 23.2 Å². The number of nitro groups is 1. The van der Waals surface area contributed by atoms with Gasteiger partial charge in [0.15, 0.2) is 0 Å². The number of amides is 1. The lowest BCUT2D eigenvalue weighted by atomic mass is 10.0. The van der Waals surface area contributed by atoms with E-state index in [0.717, 1.165) is 0 Å². The lowest BCUT2D eigenvalue weighted by Gasteiger charge is -2.21. The zero-order valence-corrected chi connectivity index (χ0v) is 12.3. The van der Waals surface area contributed by atoms with Crippen LogP contribution in [0.15, 0.2) is 18.2 Å². The van der Waals surface area contributed by atoms with Crippen LogP contribution < -0.4 is 16.6 Å². The second-order valence-electron chi connectivity index (χ2n) is 4.91. The normalized spacial score (nSPS) is 12.0. The van der Waals surface area contributed by atoms with Crippen LogP contribution in [0.1, 0.15) is 24.2 Å². The Morgan fingerprint density at radius 2 is 2.14 bits per heavy atom. The van der Waals surface area contributed by atoms with Crippen LogP contribution in [0.5, 0.6) is 0 Å². The number of carbonyl (C=O) groups is 1. The molecule has 0 saturated heterocycles. The quantitative estimate of drug-likeness (QED) is 0.396. The summed E-state index contributed by atoms with van der Waals surface area (Å²) in [6, 6.07) is 3.78. The second-order valence-corrected chi connectivity index (χ2v) is 4.91. The SMILES string of the molecule is COCC(NC(=O)c1cc(NN)ccc1[N+](=O)[O-])C(C)C. The molecule has 8 nitrogen and oxygen atoms in total. The smallest absolute Gasteiger partial charge is 0.282 e. The summed E-state index contributed by atoms with van der Waals surface area (Å²) in [7, 11) is 1.53. The summed E-state index contributed by atoms with van der Waals surface area (Å²) in [5, 5.41) is 13.8. The fraction of sp³-hybridized carbons (Fsp3) is 0.462. The molecule has 1 unspecified atom stereocenters. The molecule has 0 spiro atoms. The Morgan fingerprint density at radius 1 is 1.48 bits per heavy atom. The predicted molar refractivity (Wildman–Crippen MR) is 78.9 cm³/mol. The molecule has 0 aliphatic heterocycles. The van der Waals surface area contributed by atoms with Crippen LogP contribution in [-0.4, -0.2) is 30.6 Å². The molecular formula is C13H20N4O4. The number of nitrogen functional groups attached to an aromatic ring is 1. The fourth-order valence-electron chi connectivity index (χ4n) is 1.79. The predicted octanol–water partition coefficient (Wildman–Crippen LogP) is 1.28. The monoisotopic (exact) mass is 296 g/mol. The Morgan fingerprint density at radius 3 is 2.62 bits per heavy atom. The van der Waals surface area contributed by atoms with Crippen molar-refractivity contribution < 1.29 is 14.5 Å². The fourth-order valence-corrected chi connectivity index (χ4v) is 1.79. The van der Waals surface area contributed by atoms with Gasteiger partial charge in [-0.1, -0.05) is 13.8 Å². The molecule has 1 aromatic carbocycles. The maximum absolute atomic E-state index is 12.3. The average Bonchev–Trinajstić information content (AvgIpc) is 2.45. The summed E-state index contributed by atoms with van der Waals surface area (Å²) in [6.07, 6.45) is 0. The number of methoxy groups -OCH3 is 1. The van der Waals surface area contributed by atoms with Gasteiger partial charge in [0, 0.05) is 18.9 Å². The van der Waals surface area contributed by atoms with E-state index in [2.05, 4.69) is 10.7 Å². The van der Waals surface area contributed by atoms with Crippen LogP contribution in [-0.2, 0) is 4.74 Å². The molecule has 0 aliphatic carbocycles. The first-order valence-corrected chi connectivity index (χ1v) is 6.45. The van der Waals surface area contributed by atoms with Gasteiger partial charge in [0.1, 0.15) is 5.56 Å². The third-order valence-corrected chi connectivity index (χ3v) is 3.07. The molecule has 0 radical (unpaired) electrons. The molecule has 0 bridgehead atoms. The summed E-state index contributed by atoms with van der Waals surface area (Å²) in [6.45, 7) is 4.18. The molecular weight excluding hydrogens is 276 g/mol. The minimum atomic E-state index is -0.601. The molecule has 0 heterocycles. The van der Waals surface area contributed by atoms with E-state index < -0.39 is 10.8 Å². The number of carbonyl (C=O) groups excluding carboxylic acids is 1. The van der Waals surface area contributed by atoms with Gasteiger partial charge in [-0.05, 0) is 18.1 Å². The highest BCUT2D eigenvalue weighted by atomic mass is 16.6. The van der Waals surface area contributed by atoms with E-state index in [0.29, 0.717) is 12.3 Å². The first kappa shape index (κ1) is 16.9. The van der Waals surface area contributed by atoms with Crippen LogP contribution in [0.3, 0.4) is 0 Å². The third kappa shape index (κ3) is 4.40. The van der Waals surface area contributed by atoms with Gasteiger partial charge >= 0.3 is 0 Å². The van der Waals surface area contributed by atoms with Crippen molar-refractivity contribution in [3.05, 3.63) is 33.9 Å². The van der Waals surface area contributed by atoms with Crippen molar-refractivity contribution in [2.45, 2.75) is 19.9 Å². The third-order valence-electron chi connectivity index (χ3n) is 3.07. The van der Waals surface area contributed by atoms with Crippen LogP contribution in [0.2, 0.25) is 0 Å². The van der Waals surface area contributed by atoms with Crippen molar-refractivity contribution in [1.29, 1.82) is 0 Å². The first-order chi connectivity index (χ1) is 9.90. The largest absolute Gasteiger partial charge is 0.383 e. The maximum atomic E-state index is 12.3. The van der Waals surface area contributed by atoms with Crippen molar-refractivity contribution in [2.75, 3.05) is 19.1 Å². The number of benzene rings is 1. The van der Waals surface area contributed by atoms with Crippen LogP contribution in [0, 0.1) is 16.0 Å². The summed E-state index contributed by atoms with van der Waals surface area (Å²) in [4.78, 5) is 22.7. The van der Waals surface area contributed by atoms with Gasteiger partial charge in [-0.15, -0.1) is 0 Å². The number of nitrogens with one attached hydrogen (secondary N) is 2. The maximum Gasteiger partial charge on any atom is 0.282 e. The Bertz CT molecular complexity index is 519. The Labute approximate surface area is 122 Å². The highest BCUT2D eigenvalue weighted by Gasteiger charge is 2.24. The van der Waals surface area contributed by atoms with Gasteiger partial charge in [-0.25, -0.2) is 0 Å². The molecule has 21 heavy (non-hydrogen) atoms. The number of rotatable bonds is 7. The zero-order valence-electron chi connectivity index (χ0n) is 12.3. The topological polar surface area (TPSA) is 120 Å². The molecule has 0 aliphatic rings. The summed E-state index contributed by atoms with van der Waals surface area (Å²) in [5.41, 5.74) is 2.46. The van der Waals surface area contributed by atoms with Crippen molar-refractivity contribution in [3.8, 4) is 0 Å². The Kier molecular flexibility index (Phi) is 6.07. The van der Waals surface area contributed by atoms with Gasteiger partial charge in [-0.2, -0.15) is 0 Å². The van der Waals surface area contributed by atoms with E-state index in [4.69, 9.17) is 10.6 Å². The lowest BCUT2D eigenvalue weighted by Crippen LogP contribution is -2.41. The summed E-state index contributed by atoms with van der Waals surface area (Å²) >= 11 is 0. The lowest BCUT2D eigenvalue weighted by molar-refractivity contribution is -0.385. The number of hydrazine groups is 1. The molecule has 1 atom stereocenters. The van der Waals surface area contributed by atoms with Gasteiger partial charge in [0.2, 0.25) is 0 Å². The average molecular weight is 296 g/mol. The molecule has 0 aromatic heterocycles. The minimum Gasteiger partial charge on any atom is -0.383 e. The molecule has 116 valence electrons. The molecule has 4 N–H and O–H groups in total. The van der Waals surface area contributed by atoms with E-state index in [1.54, 1.807) is 0 Å². The van der Waals surface area contributed by atoms with Gasteiger partial charge in [-0.3, -0.25) is 20.8 Å². The van der Waals surface area contributed by atoms with Gasteiger partial charge < -0.3 is 15.5 Å². The molecule has 1 rings (SSSR count). The molecule has 0 saturated carbocycles. The summed E-state index contributed by atoms with van der Waals surface area (Å²) < 4.78 is 5.04. The Balaban J connectivity index is 3.07. The van der Waals surface area contributed by atoms with Crippen LogP contribution >= 0.6 is 0 Å². The number of nitrogens with zero attached hydrogens (tertiary/aromatic N) is 1. The van der Waals surface area contributed by atoms with E-state index in [1.807, 2.05) is 13.8 Å². The van der Waals surface area contributed by atoms with Crippen LogP contribution in [0.25, 0.3) is 0 Å². The van der Waals surface area contributed by atoms with Crippen LogP contribution in [0.4, 0.5) is 11.4 Å². The molecule has 1 amide bonds. The molecule has 8 heteroatoms. The molecule has 0 fully saturated rings. The van der Waals surface area contributed by atoms with Gasteiger partial charge in [0.05, 0.1) is 17.6 Å². The molecule has 1 aromatic rings. The van der Waals surface area contributed by atoms with Gasteiger partial charge in [0.25, 0.3) is 11.6 Å². The van der Waals surface area contributed by atoms with E-state index in [9.17, 15) is 14.9 Å². The second kappa shape index (κ2) is 7.55. The standard InChI is InChI=1S/C13H20N4O4/c1-8(2)11(7-21-3)15-13(18)10-6-9(16-14)4-5-12(10)17(19)20/h4-6,8,11,16H,7,14H2,1-3H3,(H,15,18). The number of hydrogen-bond donors (Lipinski definition) is 3. The number of anilines is 1. The number of nitro benzene ring substituents is 1.